The zero-order valence-corrected chi connectivity index (χ0v) is 11.4. The van der Waals surface area contributed by atoms with Crippen LogP contribution in [0, 0.1) is 12.8 Å². The summed E-state index contributed by atoms with van der Waals surface area (Å²) in [7, 11) is 0. The maximum absolute atomic E-state index is 12.0. The number of carboxylic acid groups (broad SMARTS) is 1. The van der Waals surface area contributed by atoms with E-state index in [0.717, 1.165) is 12.0 Å². The predicted molar refractivity (Wildman–Crippen MR) is 72.4 cm³/mol. The van der Waals surface area contributed by atoms with E-state index in [-0.39, 0.29) is 17.9 Å². The summed E-state index contributed by atoms with van der Waals surface area (Å²) in [5.41, 5.74) is 1.41. The standard InChI is InChI=1S/C14H16ClNO3/c1-8-6-9(3-5-12(8)15)13(17)16-11-4-2-10(7-11)14(18)19/h3,5-6,10-11H,2,4,7H2,1H3,(H,16,17)(H,18,19)/t10-,11+/m1/s1. The molecule has 5 heteroatoms. The summed E-state index contributed by atoms with van der Waals surface area (Å²) < 4.78 is 0. The largest absolute Gasteiger partial charge is 0.481 e. The van der Waals surface area contributed by atoms with E-state index in [4.69, 9.17) is 16.7 Å². The van der Waals surface area contributed by atoms with Gasteiger partial charge in [0.2, 0.25) is 0 Å². The van der Waals surface area contributed by atoms with Gasteiger partial charge < -0.3 is 10.4 Å². The van der Waals surface area contributed by atoms with Crippen LogP contribution in [0.5, 0.6) is 0 Å². The third-order valence-electron chi connectivity index (χ3n) is 3.54. The highest BCUT2D eigenvalue weighted by Crippen LogP contribution is 2.26. The van der Waals surface area contributed by atoms with Gasteiger partial charge in [-0.05, 0) is 49.9 Å². The van der Waals surface area contributed by atoms with Gasteiger partial charge in [-0.1, -0.05) is 11.6 Å². The van der Waals surface area contributed by atoms with Crippen LogP contribution in [0.15, 0.2) is 18.2 Å². The van der Waals surface area contributed by atoms with Gasteiger partial charge in [0.05, 0.1) is 5.92 Å². The second kappa shape index (κ2) is 5.61. The first-order chi connectivity index (χ1) is 8.97. The molecule has 0 heterocycles. The van der Waals surface area contributed by atoms with Crippen LogP contribution >= 0.6 is 11.6 Å². The summed E-state index contributed by atoms with van der Waals surface area (Å²) in [5, 5.41) is 12.4. The summed E-state index contributed by atoms with van der Waals surface area (Å²) in [6.07, 6.45) is 1.85. The van der Waals surface area contributed by atoms with Crippen LogP contribution in [0.3, 0.4) is 0 Å². The van der Waals surface area contributed by atoms with Crippen molar-refractivity contribution in [1.29, 1.82) is 0 Å². The predicted octanol–water partition coefficient (Wildman–Crippen LogP) is 2.63. The number of carboxylic acids is 1. The lowest BCUT2D eigenvalue weighted by atomic mass is 10.1. The lowest BCUT2D eigenvalue weighted by molar-refractivity contribution is -0.141. The number of carbonyl (C=O) groups is 2. The fraction of sp³-hybridized carbons (Fsp3) is 0.429. The molecule has 1 aromatic rings. The molecule has 1 aromatic carbocycles. The van der Waals surface area contributed by atoms with Crippen molar-refractivity contribution in [3.63, 3.8) is 0 Å². The lowest BCUT2D eigenvalue weighted by Gasteiger charge is -2.13. The highest BCUT2D eigenvalue weighted by molar-refractivity contribution is 6.31. The van der Waals surface area contributed by atoms with Crippen LogP contribution in [0.2, 0.25) is 5.02 Å². The Bertz CT molecular complexity index is 515. The van der Waals surface area contributed by atoms with Gasteiger partial charge in [-0.25, -0.2) is 0 Å². The molecule has 2 N–H and O–H groups in total. The van der Waals surface area contributed by atoms with Crippen molar-refractivity contribution in [2.24, 2.45) is 5.92 Å². The van der Waals surface area contributed by atoms with E-state index in [0.29, 0.717) is 23.4 Å². The molecule has 0 aliphatic heterocycles. The minimum Gasteiger partial charge on any atom is -0.481 e. The van der Waals surface area contributed by atoms with Crippen molar-refractivity contribution in [3.8, 4) is 0 Å². The van der Waals surface area contributed by atoms with E-state index in [1.165, 1.54) is 0 Å². The molecule has 19 heavy (non-hydrogen) atoms. The van der Waals surface area contributed by atoms with Crippen LogP contribution in [0.25, 0.3) is 0 Å². The lowest BCUT2D eigenvalue weighted by Crippen LogP contribution is -2.33. The van der Waals surface area contributed by atoms with Gasteiger partial charge in [0.15, 0.2) is 0 Å². The van der Waals surface area contributed by atoms with Crippen molar-refractivity contribution < 1.29 is 14.7 Å². The van der Waals surface area contributed by atoms with Crippen molar-refractivity contribution in [3.05, 3.63) is 34.3 Å². The Morgan fingerprint density at radius 3 is 2.68 bits per heavy atom. The number of aliphatic carboxylic acids is 1. The molecular weight excluding hydrogens is 266 g/mol. The molecule has 0 aromatic heterocycles. The van der Waals surface area contributed by atoms with Gasteiger partial charge in [0.25, 0.3) is 5.91 Å². The molecule has 0 saturated heterocycles. The highest BCUT2D eigenvalue weighted by Gasteiger charge is 2.30. The van der Waals surface area contributed by atoms with Gasteiger partial charge in [-0.3, -0.25) is 9.59 Å². The molecule has 1 saturated carbocycles. The molecule has 0 spiro atoms. The normalized spacial score (nSPS) is 22.2. The summed E-state index contributed by atoms with van der Waals surface area (Å²) >= 11 is 5.91. The van der Waals surface area contributed by atoms with Crippen molar-refractivity contribution in [2.75, 3.05) is 0 Å². The van der Waals surface area contributed by atoms with Crippen LogP contribution in [0.4, 0.5) is 0 Å². The topological polar surface area (TPSA) is 66.4 Å². The molecular formula is C14H16ClNO3. The second-order valence-electron chi connectivity index (χ2n) is 4.98. The minimum atomic E-state index is -0.779. The summed E-state index contributed by atoms with van der Waals surface area (Å²) in [6, 6.07) is 5.06. The molecule has 1 fully saturated rings. The molecule has 0 radical (unpaired) electrons. The average molecular weight is 282 g/mol. The van der Waals surface area contributed by atoms with Gasteiger partial charge in [-0.15, -0.1) is 0 Å². The monoisotopic (exact) mass is 281 g/mol. The molecule has 1 aliphatic rings. The molecule has 0 bridgehead atoms. The molecule has 102 valence electrons. The Labute approximate surface area is 116 Å². The Kier molecular flexibility index (Phi) is 4.10. The number of benzene rings is 1. The summed E-state index contributed by atoms with van der Waals surface area (Å²) in [5.74, 6) is -1.29. The molecule has 0 unspecified atom stereocenters. The number of aryl methyl sites for hydroxylation is 1. The highest BCUT2D eigenvalue weighted by atomic mass is 35.5. The first-order valence-electron chi connectivity index (χ1n) is 6.27. The van der Waals surface area contributed by atoms with Gasteiger partial charge in [-0.2, -0.15) is 0 Å². The SMILES string of the molecule is Cc1cc(C(=O)N[C@H]2CC[C@@H](C(=O)O)C2)ccc1Cl. The number of hydrogen-bond acceptors (Lipinski definition) is 2. The van der Waals surface area contributed by atoms with Crippen LogP contribution < -0.4 is 5.32 Å². The van der Waals surface area contributed by atoms with Gasteiger partial charge in [0, 0.05) is 16.6 Å². The van der Waals surface area contributed by atoms with Crippen LogP contribution in [-0.2, 0) is 4.79 Å². The van der Waals surface area contributed by atoms with E-state index >= 15 is 0 Å². The molecule has 4 nitrogen and oxygen atoms in total. The molecule has 2 atom stereocenters. The molecule has 1 aliphatic carbocycles. The van der Waals surface area contributed by atoms with Gasteiger partial charge in [0.1, 0.15) is 0 Å². The Balaban J connectivity index is 1.98. The smallest absolute Gasteiger partial charge is 0.306 e. The Morgan fingerprint density at radius 1 is 1.37 bits per heavy atom. The maximum Gasteiger partial charge on any atom is 0.306 e. The molecule has 1 amide bonds. The second-order valence-corrected chi connectivity index (χ2v) is 5.39. The van der Waals surface area contributed by atoms with Crippen molar-refractivity contribution >= 4 is 23.5 Å². The van der Waals surface area contributed by atoms with E-state index in [1.807, 2.05) is 6.92 Å². The molecule has 2 rings (SSSR count). The van der Waals surface area contributed by atoms with Crippen molar-refractivity contribution in [1.82, 2.24) is 5.32 Å². The fourth-order valence-corrected chi connectivity index (χ4v) is 2.51. The zero-order valence-electron chi connectivity index (χ0n) is 10.6. The minimum absolute atomic E-state index is 0.0513. The van der Waals surface area contributed by atoms with Crippen molar-refractivity contribution in [2.45, 2.75) is 32.2 Å². The zero-order chi connectivity index (χ0) is 14.0. The first kappa shape index (κ1) is 13.9. The number of amides is 1. The van der Waals surface area contributed by atoms with Crippen LogP contribution in [-0.4, -0.2) is 23.0 Å². The first-order valence-corrected chi connectivity index (χ1v) is 6.65. The number of hydrogen-bond donors (Lipinski definition) is 2. The summed E-state index contributed by atoms with van der Waals surface area (Å²) in [6.45, 7) is 1.84. The fourth-order valence-electron chi connectivity index (χ4n) is 2.39. The average Bonchev–Trinajstić information content (AvgIpc) is 2.81. The van der Waals surface area contributed by atoms with E-state index in [2.05, 4.69) is 5.32 Å². The summed E-state index contributed by atoms with van der Waals surface area (Å²) in [4.78, 5) is 22.9. The maximum atomic E-state index is 12.0. The number of carbonyl (C=O) groups excluding carboxylic acids is 1. The van der Waals surface area contributed by atoms with Gasteiger partial charge >= 0.3 is 5.97 Å². The number of rotatable bonds is 3. The number of halogens is 1. The Morgan fingerprint density at radius 2 is 2.11 bits per heavy atom. The Hall–Kier alpha value is -1.55. The third kappa shape index (κ3) is 3.26. The number of nitrogens with one attached hydrogen (secondary N) is 1. The van der Waals surface area contributed by atoms with E-state index < -0.39 is 5.97 Å². The van der Waals surface area contributed by atoms with Crippen LogP contribution in [0.1, 0.15) is 35.2 Å². The van der Waals surface area contributed by atoms with E-state index in [1.54, 1.807) is 18.2 Å². The quantitative estimate of drug-likeness (QED) is 0.895. The van der Waals surface area contributed by atoms with E-state index in [9.17, 15) is 9.59 Å². The third-order valence-corrected chi connectivity index (χ3v) is 3.96.